The lowest BCUT2D eigenvalue weighted by Gasteiger charge is -2.22. The maximum absolute atomic E-state index is 5.73. The largest absolute Gasteiger partial charge is 0.461 e. The van der Waals surface area contributed by atoms with Crippen LogP contribution in [-0.2, 0) is 4.74 Å². The minimum Gasteiger partial charge on any atom is -0.461 e. The number of rotatable bonds is 4. The van der Waals surface area contributed by atoms with E-state index < -0.39 is 0 Å². The Kier molecular flexibility index (Phi) is 4.94. The summed E-state index contributed by atoms with van der Waals surface area (Å²) in [7, 11) is 0. The van der Waals surface area contributed by atoms with Gasteiger partial charge in [0.15, 0.2) is 0 Å². The summed E-state index contributed by atoms with van der Waals surface area (Å²) in [6.45, 7) is 1.34. The van der Waals surface area contributed by atoms with Crippen molar-refractivity contribution in [2.75, 3.05) is 13.2 Å². The van der Waals surface area contributed by atoms with Crippen LogP contribution in [-0.4, -0.2) is 29.3 Å². The van der Waals surface area contributed by atoms with E-state index in [4.69, 9.17) is 9.47 Å². The normalized spacial score (nSPS) is 19.8. The van der Waals surface area contributed by atoms with Crippen molar-refractivity contribution in [1.29, 1.82) is 0 Å². The van der Waals surface area contributed by atoms with Crippen LogP contribution in [0.25, 0.3) is 11.3 Å². The van der Waals surface area contributed by atoms with Gasteiger partial charge in [-0.25, -0.2) is 4.98 Å². The highest BCUT2D eigenvalue weighted by Crippen LogP contribution is 2.27. The quantitative estimate of drug-likeness (QED) is 0.797. The van der Waals surface area contributed by atoms with Crippen LogP contribution >= 0.6 is 0 Å². The molecule has 1 aliphatic heterocycles. The van der Waals surface area contributed by atoms with Gasteiger partial charge in [-0.2, -0.15) is 4.98 Å². The summed E-state index contributed by atoms with van der Waals surface area (Å²) in [6.07, 6.45) is 7.78. The monoisotopic (exact) mass is 334 g/mol. The van der Waals surface area contributed by atoms with Crippen molar-refractivity contribution in [2.45, 2.75) is 38.2 Å². The van der Waals surface area contributed by atoms with E-state index in [0.717, 1.165) is 36.3 Å². The first-order chi connectivity index (χ1) is 12.4. The molecule has 4 rings (SSSR count). The van der Waals surface area contributed by atoms with Crippen molar-refractivity contribution in [3.8, 4) is 29.1 Å². The molecule has 1 saturated carbocycles. The van der Waals surface area contributed by atoms with Crippen LogP contribution in [0.2, 0.25) is 0 Å². The molecule has 2 heterocycles. The summed E-state index contributed by atoms with van der Waals surface area (Å²) in [5.74, 6) is 7.13. The fourth-order valence-corrected chi connectivity index (χ4v) is 2.81. The first-order valence-electron chi connectivity index (χ1n) is 9.06. The van der Waals surface area contributed by atoms with Gasteiger partial charge in [0.05, 0.1) is 11.8 Å². The van der Waals surface area contributed by atoms with Crippen molar-refractivity contribution in [3.63, 3.8) is 0 Å². The molecule has 0 radical (unpaired) electrons. The summed E-state index contributed by atoms with van der Waals surface area (Å²) in [5.41, 5.74) is 2.95. The maximum Gasteiger partial charge on any atom is 0.316 e. The van der Waals surface area contributed by atoms with E-state index in [1.54, 1.807) is 6.20 Å². The molecule has 1 aliphatic carbocycles. The summed E-state index contributed by atoms with van der Waals surface area (Å²) < 4.78 is 11.4. The Morgan fingerprint density at radius 3 is 2.72 bits per heavy atom. The Balaban J connectivity index is 1.40. The minimum atomic E-state index is 0.158. The van der Waals surface area contributed by atoms with Gasteiger partial charge >= 0.3 is 6.01 Å². The molecule has 2 aromatic rings. The van der Waals surface area contributed by atoms with E-state index in [1.165, 1.54) is 19.3 Å². The first-order valence-corrected chi connectivity index (χ1v) is 9.06. The fraction of sp³-hybridized carbons (Fsp3) is 0.429. The zero-order valence-corrected chi connectivity index (χ0v) is 14.3. The lowest BCUT2D eigenvalue weighted by molar-refractivity contribution is -0.0128. The van der Waals surface area contributed by atoms with Crippen LogP contribution < -0.4 is 4.74 Å². The molecule has 2 fully saturated rings. The van der Waals surface area contributed by atoms with Gasteiger partial charge in [0.25, 0.3) is 0 Å². The number of ether oxygens (including phenoxy) is 2. The smallest absolute Gasteiger partial charge is 0.316 e. The number of nitrogens with zero attached hydrogens (tertiary/aromatic N) is 2. The molecule has 0 N–H and O–H groups in total. The number of hydrogen-bond donors (Lipinski definition) is 0. The molecule has 0 unspecified atom stereocenters. The molecule has 2 aliphatic rings. The third-order valence-electron chi connectivity index (χ3n) is 4.48. The summed E-state index contributed by atoms with van der Waals surface area (Å²) in [6, 6.07) is 10.5. The molecule has 1 saturated heterocycles. The standard InChI is InChI=1S/C21H22N2O2/c1-2-14-24-19(3-1)15-25-21-22-13-12-20(23-21)18-10-8-17(9-11-18)7-6-16-4-5-16/h8-13,16,19H,1-5,14-15H2/t19-/m1/s1. The Bertz CT molecular complexity index is 766. The van der Waals surface area contributed by atoms with Crippen molar-refractivity contribution >= 4 is 0 Å². The van der Waals surface area contributed by atoms with Gasteiger partial charge in [0, 0.05) is 29.8 Å². The highest BCUT2D eigenvalue weighted by atomic mass is 16.5. The second kappa shape index (κ2) is 7.67. The van der Waals surface area contributed by atoms with Gasteiger partial charge in [-0.15, -0.1) is 0 Å². The van der Waals surface area contributed by atoms with E-state index in [0.29, 0.717) is 18.5 Å². The van der Waals surface area contributed by atoms with Crippen molar-refractivity contribution in [3.05, 3.63) is 42.1 Å². The Morgan fingerprint density at radius 2 is 1.96 bits per heavy atom. The van der Waals surface area contributed by atoms with E-state index in [2.05, 4.69) is 21.8 Å². The van der Waals surface area contributed by atoms with Gasteiger partial charge < -0.3 is 9.47 Å². The molecule has 1 atom stereocenters. The van der Waals surface area contributed by atoms with Crippen LogP contribution in [0.15, 0.2) is 36.5 Å². The summed E-state index contributed by atoms with van der Waals surface area (Å²) in [5, 5.41) is 0. The predicted molar refractivity (Wildman–Crippen MR) is 96.2 cm³/mol. The SMILES string of the molecule is C(#CC1CC1)c1ccc(-c2ccnc(OC[C@H]3CCCCO3)n2)cc1. The average Bonchev–Trinajstić information content (AvgIpc) is 3.51. The lowest BCUT2D eigenvalue weighted by Crippen LogP contribution is -2.26. The van der Waals surface area contributed by atoms with E-state index >= 15 is 0 Å². The fourth-order valence-electron chi connectivity index (χ4n) is 2.81. The molecule has 4 nitrogen and oxygen atoms in total. The van der Waals surface area contributed by atoms with Gasteiger partial charge in [-0.05, 0) is 50.3 Å². The van der Waals surface area contributed by atoms with Crippen LogP contribution in [0, 0.1) is 17.8 Å². The zero-order valence-electron chi connectivity index (χ0n) is 14.3. The third kappa shape index (κ3) is 4.58. The van der Waals surface area contributed by atoms with Gasteiger partial charge in [-0.1, -0.05) is 24.0 Å². The molecular formula is C21H22N2O2. The van der Waals surface area contributed by atoms with Crippen LogP contribution in [0.4, 0.5) is 0 Å². The molecule has 128 valence electrons. The molecule has 0 spiro atoms. The highest BCUT2D eigenvalue weighted by molar-refractivity contribution is 5.60. The average molecular weight is 334 g/mol. The molecule has 4 heteroatoms. The minimum absolute atomic E-state index is 0.158. The maximum atomic E-state index is 5.73. The first kappa shape index (κ1) is 16.1. The highest BCUT2D eigenvalue weighted by Gasteiger charge is 2.17. The molecular weight excluding hydrogens is 312 g/mol. The van der Waals surface area contributed by atoms with E-state index in [9.17, 15) is 0 Å². The van der Waals surface area contributed by atoms with Gasteiger partial charge in [-0.3, -0.25) is 0 Å². The molecule has 0 bridgehead atoms. The Hall–Kier alpha value is -2.38. The summed E-state index contributed by atoms with van der Waals surface area (Å²) in [4.78, 5) is 8.73. The lowest BCUT2D eigenvalue weighted by atomic mass is 10.1. The number of aromatic nitrogens is 2. The van der Waals surface area contributed by atoms with Gasteiger partial charge in [0.2, 0.25) is 0 Å². The number of hydrogen-bond acceptors (Lipinski definition) is 4. The third-order valence-corrected chi connectivity index (χ3v) is 4.48. The van der Waals surface area contributed by atoms with Crippen molar-refractivity contribution in [2.24, 2.45) is 5.92 Å². The predicted octanol–water partition coefficient (Wildman–Crippen LogP) is 3.85. The second-order valence-electron chi connectivity index (χ2n) is 6.65. The van der Waals surface area contributed by atoms with Crippen LogP contribution in [0.5, 0.6) is 6.01 Å². The molecule has 1 aromatic heterocycles. The Morgan fingerprint density at radius 1 is 1.08 bits per heavy atom. The van der Waals surface area contributed by atoms with Crippen LogP contribution in [0.3, 0.4) is 0 Å². The van der Waals surface area contributed by atoms with Gasteiger partial charge in [0.1, 0.15) is 6.61 Å². The molecule has 25 heavy (non-hydrogen) atoms. The van der Waals surface area contributed by atoms with Crippen molar-refractivity contribution < 1.29 is 9.47 Å². The van der Waals surface area contributed by atoms with Crippen molar-refractivity contribution in [1.82, 2.24) is 9.97 Å². The topological polar surface area (TPSA) is 44.2 Å². The molecule has 1 aromatic carbocycles. The molecule has 0 amide bonds. The zero-order chi connectivity index (χ0) is 16.9. The second-order valence-corrected chi connectivity index (χ2v) is 6.65. The van der Waals surface area contributed by atoms with E-state index in [1.807, 2.05) is 30.3 Å². The van der Waals surface area contributed by atoms with E-state index in [-0.39, 0.29) is 6.10 Å². The van der Waals surface area contributed by atoms with Crippen LogP contribution in [0.1, 0.15) is 37.7 Å². The summed E-state index contributed by atoms with van der Waals surface area (Å²) >= 11 is 0. The number of benzene rings is 1. The Labute approximate surface area is 148 Å².